The van der Waals surface area contributed by atoms with Crippen LogP contribution in [0.15, 0.2) is 30.6 Å². The Hall–Kier alpha value is -3.42. The molecule has 202 valence electrons. The molecule has 2 fully saturated rings. The molecular weight excluding hydrogens is 485 g/mol. The van der Waals surface area contributed by atoms with E-state index in [9.17, 15) is 14.7 Å². The second kappa shape index (κ2) is 10.0. The molecule has 0 bridgehead atoms. The summed E-state index contributed by atoms with van der Waals surface area (Å²) >= 11 is 0. The molecular formula is C30H36FN3O4. The van der Waals surface area contributed by atoms with E-state index in [2.05, 4.69) is 9.55 Å². The molecule has 7 nitrogen and oxygen atoms in total. The maximum absolute atomic E-state index is 16.5. The molecule has 8 heteroatoms. The van der Waals surface area contributed by atoms with E-state index in [4.69, 9.17) is 4.74 Å². The maximum atomic E-state index is 16.5. The van der Waals surface area contributed by atoms with Crippen molar-refractivity contribution in [3.8, 4) is 11.1 Å². The third kappa shape index (κ3) is 5.13. The van der Waals surface area contributed by atoms with Crippen LogP contribution in [0.4, 0.5) is 9.18 Å². The normalized spacial score (nSPS) is 18.1. The van der Waals surface area contributed by atoms with E-state index < -0.39 is 11.6 Å². The molecule has 1 amide bonds. The van der Waals surface area contributed by atoms with Crippen molar-refractivity contribution in [2.24, 2.45) is 5.92 Å². The van der Waals surface area contributed by atoms with Gasteiger partial charge >= 0.3 is 12.1 Å². The number of benzene rings is 1. The minimum Gasteiger partial charge on any atom is -0.478 e. The lowest BCUT2D eigenvalue weighted by atomic mass is 9.94. The fraction of sp³-hybridized carbons (Fsp3) is 0.500. The Labute approximate surface area is 222 Å². The van der Waals surface area contributed by atoms with Crippen molar-refractivity contribution >= 4 is 23.0 Å². The molecule has 1 saturated carbocycles. The number of rotatable bonds is 6. The first-order valence-electron chi connectivity index (χ1n) is 13.6. The molecule has 38 heavy (non-hydrogen) atoms. The highest BCUT2D eigenvalue weighted by Gasteiger charge is 2.35. The molecule has 3 heterocycles. The van der Waals surface area contributed by atoms with E-state index in [1.165, 1.54) is 6.07 Å². The number of aromatic nitrogens is 2. The van der Waals surface area contributed by atoms with Crippen molar-refractivity contribution in [2.45, 2.75) is 77.9 Å². The fourth-order valence-corrected chi connectivity index (χ4v) is 5.61. The van der Waals surface area contributed by atoms with Gasteiger partial charge in [-0.15, -0.1) is 0 Å². The van der Waals surface area contributed by atoms with Crippen LogP contribution in [0.1, 0.15) is 80.9 Å². The number of aryl methyl sites for hydroxylation is 1. The van der Waals surface area contributed by atoms with E-state index in [1.807, 2.05) is 33.8 Å². The molecule has 0 spiro atoms. The van der Waals surface area contributed by atoms with E-state index >= 15 is 4.39 Å². The van der Waals surface area contributed by atoms with Gasteiger partial charge in [0.15, 0.2) is 5.82 Å². The highest BCUT2D eigenvalue weighted by atomic mass is 19.1. The molecule has 3 aromatic rings. The van der Waals surface area contributed by atoms with Crippen LogP contribution in [-0.4, -0.2) is 50.3 Å². The summed E-state index contributed by atoms with van der Waals surface area (Å²) in [5, 5.41) is 10.2. The first kappa shape index (κ1) is 26.2. The van der Waals surface area contributed by atoms with Gasteiger partial charge < -0.3 is 19.3 Å². The summed E-state index contributed by atoms with van der Waals surface area (Å²) < 4.78 is 24.2. The second-order valence-electron chi connectivity index (χ2n) is 11.6. The van der Waals surface area contributed by atoms with Crippen LogP contribution in [0, 0.1) is 11.7 Å². The van der Waals surface area contributed by atoms with Gasteiger partial charge in [0.05, 0.1) is 16.8 Å². The molecule has 1 aliphatic carbocycles. The van der Waals surface area contributed by atoms with Gasteiger partial charge in [-0.25, -0.2) is 14.0 Å². The Morgan fingerprint density at radius 3 is 2.61 bits per heavy atom. The van der Waals surface area contributed by atoms with Crippen LogP contribution in [0.5, 0.6) is 0 Å². The molecule has 2 aliphatic rings. The number of halogens is 1. The summed E-state index contributed by atoms with van der Waals surface area (Å²) in [5.74, 6) is -1.23. The Morgan fingerprint density at radius 1 is 1.18 bits per heavy atom. The van der Waals surface area contributed by atoms with Gasteiger partial charge in [-0.2, -0.15) is 0 Å². The van der Waals surface area contributed by atoms with Crippen molar-refractivity contribution in [1.29, 1.82) is 0 Å². The number of hydrogen-bond acceptors (Lipinski definition) is 4. The summed E-state index contributed by atoms with van der Waals surface area (Å²) in [5.41, 5.74) is 3.30. The fourth-order valence-electron chi connectivity index (χ4n) is 5.61. The van der Waals surface area contributed by atoms with Gasteiger partial charge in [0.2, 0.25) is 0 Å². The van der Waals surface area contributed by atoms with Crippen molar-refractivity contribution < 1.29 is 23.8 Å². The van der Waals surface area contributed by atoms with Crippen LogP contribution in [0.25, 0.3) is 22.0 Å². The van der Waals surface area contributed by atoms with Crippen LogP contribution in [0.2, 0.25) is 0 Å². The molecule has 1 atom stereocenters. The SMILES string of the molecule is CCc1cnccc1-c1cc(C(=O)O)cc2c(F)c([C@@H]3CCCN(C(=O)OC(C)(C)C)C3)n(CC3CC3)c12. The topological polar surface area (TPSA) is 84.7 Å². The maximum Gasteiger partial charge on any atom is 0.410 e. The van der Waals surface area contributed by atoms with E-state index in [0.717, 1.165) is 42.3 Å². The summed E-state index contributed by atoms with van der Waals surface area (Å²) in [6.07, 6.45) is 7.49. The van der Waals surface area contributed by atoms with Gasteiger partial charge in [0.25, 0.3) is 0 Å². The Balaban J connectivity index is 1.69. The average molecular weight is 522 g/mol. The van der Waals surface area contributed by atoms with Crippen molar-refractivity contribution in [3.05, 3.63) is 53.2 Å². The van der Waals surface area contributed by atoms with Gasteiger partial charge in [-0.1, -0.05) is 6.92 Å². The van der Waals surface area contributed by atoms with Crippen molar-refractivity contribution in [1.82, 2.24) is 14.5 Å². The first-order valence-corrected chi connectivity index (χ1v) is 13.6. The number of amides is 1. The minimum atomic E-state index is -1.09. The number of carbonyl (C=O) groups is 2. The number of pyridine rings is 1. The third-order valence-electron chi connectivity index (χ3n) is 7.55. The summed E-state index contributed by atoms with van der Waals surface area (Å²) in [4.78, 5) is 30.9. The quantitative estimate of drug-likeness (QED) is 0.394. The third-order valence-corrected chi connectivity index (χ3v) is 7.55. The summed E-state index contributed by atoms with van der Waals surface area (Å²) in [7, 11) is 0. The predicted molar refractivity (Wildman–Crippen MR) is 144 cm³/mol. The van der Waals surface area contributed by atoms with E-state index in [0.29, 0.717) is 48.6 Å². The summed E-state index contributed by atoms with van der Waals surface area (Å²) in [6.45, 7) is 9.15. The lowest BCUT2D eigenvalue weighted by molar-refractivity contribution is 0.0194. The number of fused-ring (bicyclic) bond motifs is 1. The van der Waals surface area contributed by atoms with Gasteiger partial charge in [-0.05, 0) is 88.1 Å². The zero-order valence-electron chi connectivity index (χ0n) is 22.6. The lowest BCUT2D eigenvalue weighted by Gasteiger charge is -2.34. The number of carbonyl (C=O) groups excluding carboxylic acids is 1. The van der Waals surface area contributed by atoms with Gasteiger partial charge in [0, 0.05) is 48.9 Å². The molecule has 0 radical (unpaired) electrons. The number of hydrogen-bond donors (Lipinski definition) is 1. The Morgan fingerprint density at radius 2 is 1.95 bits per heavy atom. The van der Waals surface area contributed by atoms with Crippen molar-refractivity contribution in [3.63, 3.8) is 0 Å². The molecule has 5 rings (SSSR count). The van der Waals surface area contributed by atoms with Crippen LogP contribution < -0.4 is 0 Å². The number of aromatic carboxylic acids is 1. The highest BCUT2D eigenvalue weighted by Crippen LogP contribution is 2.43. The van der Waals surface area contributed by atoms with Gasteiger partial charge in [0.1, 0.15) is 5.60 Å². The second-order valence-corrected chi connectivity index (χ2v) is 11.6. The predicted octanol–water partition coefficient (Wildman–Crippen LogP) is 6.63. The first-order chi connectivity index (χ1) is 18.1. The Kier molecular flexibility index (Phi) is 6.92. The van der Waals surface area contributed by atoms with Crippen LogP contribution in [0.3, 0.4) is 0 Å². The van der Waals surface area contributed by atoms with E-state index in [-0.39, 0.29) is 23.4 Å². The number of ether oxygens (including phenoxy) is 1. The standard InChI is InChI=1S/C30H36FN3O4/c1-5-19-15-32-11-10-22(19)23-13-21(28(35)36)14-24-25(31)26(34(27(23)24)16-18-8-9-18)20-7-6-12-33(17-20)29(37)38-30(2,3)4/h10-11,13-15,18,20H,5-9,12,16-17H2,1-4H3,(H,35,36)/t20-/m1/s1. The van der Waals surface area contributed by atoms with Crippen LogP contribution >= 0.6 is 0 Å². The molecule has 0 unspecified atom stereocenters. The number of piperidine rings is 1. The van der Waals surface area contributed by atoms with Crippen molar-refractivity contribution in [2.75, 3.05) is 13.1 Å². The monoisotopic (exact) mass is 521 g/mol. The average Bonchev–Trinajstić information content (AvgIpc) is 3.66. The minimum absolute atomic E-state index is 0.0550. The molecule has 2 aromatic heterocycles. The smallest absolute Gasteiger partial charge is 0.410 e. The lowest BCUT2D eigenvalue weighted by Crippen LogP contribution is -2.42. The largest absolute Gasteiger partial charge is 0.478 e. The number of carboxylic acid groups (broad SMARTS) is 1. The number of likely N-dealkylation sites (tertiary alicyclic amines) is 1. The zero-order valence-corrected chi connectivity index (χ0v) is 22.6. The van der Waals surface area contributed by atoms with E-state index in [1.54, 1.807) is 23.4 Å². The molecule has 1 N–H and O–H groups in total. The van der Waals surface area contributed by atoms with Gasteiger partial charge in [-0.3, -0.25) is 4.98 Å². The number of nitrogens with zero attached hydrogens (tertiary/aromatic N) is 3. The Bertz CT molecular complexity index is 1390. The highest BCUT2D eigenvalue weighted by molar-refractivity contribution is 6.02. The summed E-state index contributed by atoms with van der Waals surface area (Å²) in [6, 6.07) is 5.01. The zero-order chi connectivity index (χ0) is 27.2. The van der Waals surface area contributed by atoms with Crippen LogP contribution in [-0.2, 0) is 17.7 Å². The molecule has 1 aromatic carbocycles. The molecule has 1 aliphatic heterocycles. The molecule has 1 saturated heterocycles. The number of carboxylic acids is 1.